The first-order valence-electron chi connectivity index (χ1n) is 9.59. The zero-order chi connectivity index (χ0) is 22.3. The SMILES string of the molecule is Cc1ccc(OCC(=O)NC(CC(=O)OC(C)C)c2ccccc2[N+](=O)[O-])c(C)c1. The molecule has 1 unspecified atom stereocenters. The van der Waals surface area contributed by atoms with Gasteiger partial charge in [0.2, 0.25) is 0 Å². The molecule has 0 spiro atoms. The molecule has 1 N–H and O–H groups in total. The van der Waals surface area contributed by atoms with Gasteiger partial charge in [-0.1, -0.05) is 35.9 Å². The van der Waals surface area contributed by atoms with Crippen molar-refractivity contribution in [3.63, 3.8) is 0 Å². The Labute approximate surface area is 175 Å². The molecule has 2 aromatic carbocycles. The summed E-state index contributed by atoms with van der Waals surface area (Å²) in [6.07, 6.45) is -0.578. The Balaban J connectivity index is 2.17. The molecule has 0 fully saturated rings. The van der Waals surface area contributed by atoms with Crippen LogP contribution in [0.2, 0.25) is 0 Å². The summed E-state index contributed by atoms with van der Waals surface area (Å²) in [5, 5.41) is 14.1. The Bertz CT molecular complexity index is 926. The molecule has 0 saturated carbocycles. The standard InChI is InChI=1S/C22H26N2O6/c1-14(2)30-22(26)12-18(17-7-5-6-8-19(17)24(27)28)23-21(25)13-29-20-10-9-15(3)11-16(20)4/h5-11,14,18H,12-13H2,1-4H3,(H,23,25). The highest BCUT2D eigenvalue weighted by molar-refractivity contribution is 5.79. The highest BCUT2D eigenvalue weighted by Gasteiger charge is 2.26. The van der Waals surface area contributed by atoms with Gasteiger partial charge in [-0.15, -0.1) is 0 Å². The van der Waals surface area contributed by atoms with Crippen LogP contribution >= 0.6 is 0 Å². The van der Waals surface area contributed by atoms with Crippen molar-refractivity contribution >= 4 is 17.6 Å². The first-order valence-corrected chi connectivity index (χ1v) is 9.59. The molecule has 0 aliphatic rings. The van der Waals surface area contributed by atoms with E-state index in [1.54, 1.807) is 26.0 Å². The van der Waals surface area contributed by atoms with Gasteiger partial charge in [0.1, 0.15) is 5.75 Å². The molecule has 2 rings (SSSR count). The van der Waals surface area contributed by atoms with Crippen LogP contribution in [0, 0.1) is 24.0 Å². The number of para-hydroxylation sites is 1. The summed E-state index contributed by atoms with van der Waals surface area (Å²) in [6, 6.07) is 10.6. The summed E-state index contributed by atoms with van der Waals surface area (Å²) in [6.45, 7) is 6.94. The lowest BCUT2D eigenvalue weighted by Crippen LogP contribution is -2.34. The second-order valence-corrected chi connectivity index (χ2v) is 7.24. The molecule has 30 heavy (non-hydrogen) atoms. The van der Waals surface area contributed by atoms with E-state index in [-0.39, 0.29) is 30.4 Å². The number of nitro groups is 1. The van der Waals surface area contributed by atoms with Crippen molar-refractivity contribution in [2.24, 2.45) is 0 Å². The highest BCUT2D eigenvalue weighted by Crippen LogP contribution is 2.27. The van der Waals surface area contributed by atoms with Crippen LogP contribution in [0.1, 0.15) is 43.0 Å². The molecule has 1 amide bonds. The van der Waals surface area contributed by atoms with Crippen molar-refractivity contribution in [3.05, 3.63) is 69.3 Å². The fourth-order valence-electron chi connectivity index (χ4n) is 3.01. The van der Waals surface area contributed by atoms with Crippen LogP contribution in [0.3, 0.4) is 0 Å². The number of amides is 1. The molecule has 8 heteroatoms. The van der Waals surface area contributed by atoms with E-state index >= 15 is 0 Å². The third kappa shape index (κ3) is 6.58. The average molecular weight is 414 g/mol. The van der Waals surface area contributed by atoms with Crippen LogP contribution in [0.15, 0.2) is 42.5 Å². The summed E-state index contributed by atoms with van der Waals surface area (Å²) in [7, 11) is 0. The Hall–Kier alpha value is -3.42. The Morgan fingerprint density at radius 3 is 2.47 bits per heavy atom. The van der Waals surface area contributed by atoms with Gasteiger partial charge in [-0.3, -0.25) is 19.7 Å². The van der Waals surface area contributed by atoms with Crippen molar-refractivity contribution in [1.82, 2.24) is 5.32 Å². The van der Waals surface area contributed by atoms with E-state index in [1.807, 2.05) is 26.0 Å². The second-order valence-electron chi connectivity index (χ2n) is 7.24. The van der Waals surface area contributed by atoms with E-state index in [0.717, 1.165) is 11.1 Å². The quantitative estimate of drug-likeness (QED) is 0.380. The Morgan fingerprint density at radius 2 is 1.83 bits per heavy atom. The van der Waals surface area contributed by atoms with Crippen molar-refractivity contribution < 1.29 is 24.0 Å². The number of nitrogens with zero attached hydrogens (tertiary/aromatic N) is 1. The van der Waals surface area contributed by atoms with Crippen LogP contribution in [0.4, 0.5) is 5.69 Å². The van der Waals surface area contributed by atoms with Crippen LogP contribution in [0.5, 0.6) is 5.75 Å². The number of carbonyl (C=O) groups is 2. The molecular weight excluding hydrogens is 388 g/mol. The number of rotatable bonds is 9. The molecule has 0 heterocycles. The Kier molecular flexibility index (Phi) is 7.91. The molecule has 8 nitrogen and oxygen atoms in total. The van der Waals surface area contributed by atoms with Crippen molar-refractivity contribution in [3.8, 4) is 5.75 Å². The van der Waals surface area contributed by atoms with Crippen molar-refractivity contribution in [2.75, 3.05) is 6.61 Å². The maximum atomic E-state index is 12.5. The summed E-state index contributed by atoms with van der Waals surface area (Å²) in [5.41, 5.74) is 2.00. The smallest absolute Gasteiger partial charge is 0.308 e. The van der Waals surface area contributed by atoms with Gasteiger partial charge in [0.25, 0.3) is 11.6 Å². The lowest BCUT2D eigenvalue weighted by molar-refractivity contribution is -0.385. The zero-order valence-electron chi connectivity index (χ0n) is 17.5. The summed E-state index contributed by atoms with van der Waals surface area (Å²) in [4.78, 5) is 35.5. The number of ether oxygens (including phenoxy) is 2. The molecule has 0 bridgehead atoms. The average Bonchev–Trinajstić information content (AvgIpc) is 2.66. The van der Waals surface area contributed by atoms with E-state index in [1.165, 1.54) is 18.2 Å². The fourth-order valence-corrected chi connectivity index (χ4v) is 3.01. The highest BCUT2D eigenvalue weighted by atomic mass is 16.6. The van der Waals surface area contributed by atoms with E-state index in [0.29, 0.717) is 5.75 Å². The minimum absolute atomic E-state index is 0.185. The normalized spacial score (nSPS) is 11.6. The maximum absolute atomic E-state index is 12.5. The van der Waals surface area contributed by atoms with E-state index in [4.69, 9.17) is 9.47 Å². The van der Waals surface area contributed by atoms with Crippen LogP contribution in [-0.2, 0) is 14.3 Å². The molecule has 1 atom stereocenters. The predicted molar refractivity (Wildman–Crippen MR) is 111 cm³/mol. The zero-order valence-corrected chi connectivity index (χ0v) is 17.5. The van der Waals surface area contributed by atoms with Crippen LogP contribution < -0.4 is 10.1 Å². The molecule has 0 aliphatic heterocycles. The van der Waals surface area contributed by atoms with Gasteiger partial charge in [-0.2, -0.15) is 0 Å². The molecule has 0 radical (unpaired) electrons. The predicted octanol–water partition coefficient (Wildman–Crippen LogP) is 3.79. The first kappa shape index (κ1) is 22.9. The van der Waals surface area contributed by atoms with Crippen LogP contribution in [0.25, 0.3) is 0 Å². The number of esters is 1. The summed E-state index contributed by atoms with van der Waals surface area (Å²) >= 11 is 0. The second kappa shape index (κ2) is 10.4. The number of nitrogens with one attached hydrogen (secondary N) is 1. The van der Waals surface area contributed by atoms with Crippen molar-refractivity contribution in [1.29, 1.82) is 0 Å². The number of nitro benzene ring substituents is 1. The molecule has 2 aromatic rings. The van der Waals surface area contributed by atoms with Gasteiger partial charge in [0.15, 0.2) is 6.61 Å². The van der Waals surface area contributed by atoms with E-state index in [9.17, 15) is 19.7 Å². The van der Waals surface area contributed by atoms with Gasteiger partial charge in [0.05, 0.1) is 29.1 Å². The van der Waals surface area contributed by atoms with Gasteiger partial charge in [-0.05, 0) is 39.3 Å². The Morgan fingerprint density at radius 1 is 1.13 bits per heavy atom. The maximum Gasteiger partial charge on any atom is 0.308 e. The lowest BCUT2D eigenvalue weighted by Gasteiger charge is -2.20. The number of aryl methyl sites for hydroxylation is 2. The first-order chi connectivity index (χ1) is 14.2. The van der Waals surface area contributed by atoms with E-state index < -0.39 is 22.8 Å². The molecule has 0 aliphatic carbocycles. The van der Waals surface area contributed by atoms with E-state index in [2.05, 4.69) is 5.32 Å². The van der Waals surface area contributed by atoms with Crippen molar-refractivity contribution in [2.45, 2.75) is 46.3 Å². The minimum Gasteiger partial charge on any atom is -0.484 e. The number of hydrogen-bond acceptors (Lipinski definition) is 6. The summed E-state index contributed by atoms with van der Waals surface area (Å²) < 4.78 is 10.7. The minimum atomic E-state index is -0.923. The third-order valence-corrected chi connectivity index (χ3v) is 4.27. The third-order valence-electron chi connectivity index (χ3n) is 4.27. The van der Waals surface area contributed by atoms with Gasteiger partial charge < -0.3 is 14.8 Å². The summed E-state index contributed by atoms with van der Waals surface area (Å²) in [5.74, 6) is -0.503. The molecule has 160 valence electrons. The largest absolute Gasteiger partial charge is 0.484 e. The number of hydrogen-bond donors (Lipinski definition) is 1. The monoisotopic (exact) mass is 414 g/mol. The van der Waals surface area contributed by atoms with Gasteiger partial charge in [-0.25, -0.2) is 0 Å². The molecular formula is C22H26N2O6. The molecule has 0 saturated heterocycles. The molecule has 0 aromatic heterocycles. The van der Waals surface area contributed by atoms with Crippen LogP contribution in [-0.4, -0.2) is 29.5 Å². The lowest BCUT2D eigenvalue weighted by atomic mass is 10.0. The van der Waals surface area contributed by atoms with Gasteiger partial charge >= 0.3 is 5.97 Å². The van der Waals surface area contributed by atoms with Gasteiger partial charge in [0, 0.05) is 6.07 Å². The topological polar surface area (TPSA) is 108 Å². The number of carbonyl (C=O) groups excluding carboxylic acids is 2. The number of benzene rings is 2. The fraction of sp³-hybridized carbons (Fsp3) is 0.364.